The van der Waals surface area contributed by atoms with E-state index in [0.717, 1.165) is 23.0 Å². The molecule has 1 amide bonds. The van der Waals surface area contributed by atoms with Gasteiger partial charge in [0.2, 0.25) is 15.9 Å². The number of Topliss-reactive ketones (excluding diaryl/α,β-unsaturated/α-hetero) is 1. The summed E-state index contributed by atoms with van der Waals surface area (Å²) in [6.07, 6.45) is 2.86. The number of sulfonamides is 1. The molecule has 0 bridgehead atoms. The smallest absolute Gasteiger partial charge is 0.251 e. The lowest BCUT2D eigenvalue weighted by molar-refractivity contribution is -0.119. The van der Waals surface area contributed by atoms with Crippen molar-refractivity contribution in [3.05, 3.63) is 64.1 Å². The van der Waals surface area contributed by atoms with E-state index in [0.29, 0.717) is 18.7 Å². The van der Waals surface area contributed by atoms with Gasteiger partial charge in [-0.15, -0.1) is 0 Å². The third-order valence-electron chi connectivity index (χ3n) is 5.13. The van der Waals surface area contributed by atoms with Gasteiger partial charge in [0.15, 0.2) is 5.78 Å². The lowest BCUT2D eigenvalue weighted by Gasteiger charge is -2.16. The number of hydrogen-bond acceptors (Lipinski definition) is 5. The number of aromatic nitrogens is 1. The summed E-state index contributed by atoms with van der Waals surface area (Å²) in [5.41, 5.74) is 0.797. The van der Waals surface area contributed by atoms with E-state index in [9.17, 15) is 22.8 Å². The Morgan fingerprint density at radius 1 is 1.07 bits per heavy atom. The Labute approximate surface area is 175 Å². The van der Waals surface area contributed by atoms with Crippen LogP contribution in [0.1, 0.15) is 48.7 Å². The lowest BCUT2D eigenvalue weighted by atomic mass is 10.0. The molecule has 2 aromatic rings. The Morgan fingerprint density at radius 2 is 1.70 bits per heavy atom. The first-order valence-corrected chi connectivity index (χ1v) is 11.2. The average Bonchev–Trinajstić information content (AvgIpc) is 3.25. The summed E-state index contributed by atoms with van der Waals surface area (Å²) in [7, 11) is -3.68. The number of nitrogens with zero attached hydrogens (tertiary/aromatic N) is 2. The maximum absolute atomic E-state index is 12.7. The van der Waals surface area contributed by atoms with E-state index < -0.39 is 15.6 Å². The van der Waals surface area contributed by atoms with E-state index in [-0.39, 0.29) is 29.2 Å². The van der Waals surface area contributed by atoms with E-state index in [2.05, 4.69) is 5.32 Å². The van der Waals surface area contributed by atoms with Crippen LogP contribution in [0, 0.1) is 0 Å². The van der Waals surface area contributed by atoms with Crippen molar-refractivity contribution in [2.75, 3.05) is 13.1 Å². The molecule has 1 unspecified atom stereocenters. The van der Waals surface area contributed by atoms with Crippen molar-refractivity contribution in [3.63, 3.8) is 0 Å². The average molecular weight is 432 g/mol. The third kappa shape index (κ3) is 4.85. The Morgan fingerprint density at radius 3 is 2.30 bits per heavy atom. The summed E-state index contributed by atoms with van der Waals surface area (Å²) in [6.45, 7) is 3.93. The molecule has 1 aliphatic rings. The highest BCUT2D eigenvalue weighted by Crippen LogP contribution is 2.20. The number of ketones is 1. The molecule has 0 radical (unpaired) electrons. The van der Waals surface area contributed by atoms with Crippen LogP contribution >= 0.6 is 0 Å². The van der Waals surface area contributed by atoms with E-state index in [1.165, 1.54) is 29.6 Å². The van der Waals surface area contributed by atoms with Crippen LogP contribution < -0.4 is 10.9 Å². The molecule has 0 spiro atoms. The van der Waals surface area contributed by atoms with Crippen LogP contribution in [0.4, 0.5) is 0 Å². The second-order valence-electron chi connectivity index (χ2n) is 7.41. The lowest BCUT2D eigenvalue weighted by Crippen LogP contribution is -2.30. The van der Waals surface area contributed by atoms with Gasteiger partial charge < -0.3 is 9.88 Å². The Bertz CT molecular complexity index is 1100. The van der Waals surface area contributed by atoms with Crippen molar-refractivity contribution in [1.29, 1.82) is 0 Å². The van der Waals surface area contributed by atoms with Crippen molar-refractivity contribution >= 4 is 21.7 Å². The minimum absolute atomic E-state index is 0.0104. The van der Waals surface area contributed by atoms with Gasteiger partial charge in [-0.05, 0) is 31.4 Å². The molecule has 1 aromatic carbocycles. The van der Waals surface area contributed by atoms with Gasteiger partial charge >= 0.3 is 0 Å². The number of rotatable bonds is 7. The van der Waals surface area contributed by atoms with E-state index in [1.54, 1.807) is 24.3 Å². The van der Waals surface area contributed by atoms with Crippen molar-refractivity contribution in [1.82, 2.24) is 14.2 Å². The number of nitrogens with one attached hydrogen (secondary N) is 1. The first kappa shape index (κ1) is 21.9. The number of carbonyl (C=O) groups is 2. The molecule has 3 rings (SSSR count). The predicted octanol–water partition coefficient (Wildman–Crippen LogP) is 1.71. The Kier molecular flexibility index (Phi) is 6.52. The van der Waals surface area contributed by atoms with E-state index in [1.807, 2.05) is 6.92 Å². The van der Waals surface area contributed by atoms with E-state index >= 15 is 0 Å². The fourth-order valence-corrected chi connectivity index (χ4v) is 4.99. The van der Waals surface area contributed by atoms with Crippen molar-refractivity contribution in [3.8, 4) is 0 Å². The van der Waals surface area contributed by atoms with Crippen LogP contribution in [-0.4, -0.2) is 42.1 Å². The molecule has 2 heterocycles. The van der Waals surface area contributed by atoms with Gasteiger partial charge in [0, 0.05) is 37.8 Å². The Hall–Kier alpha value is -2.78. The van der Waals surface area contributed by atoms with Gasteiger partial charge in [0.1, 0.15) is 0 Å². The zero-order valence-electron chi connectivity index (χ0n) is 17.0. The van der Waals surface area contributed by atoms with Crippen LogP contribution in [0.3, 0.4) is 0 Å². The first-order chi connectivity index (χ1) is 14.2. The molecule has 9 heteroatoms. The Balaban J connectivity index is 1.78. The summed E-state index contributed by atoms with van der Waals surface area (Å²) in [5, 5.41) is 2.77. The number of amides is 1. The van der Waals surface area contributed by atoms with Crippen molar-refractivity contribution < 1.29 is 18.0 Å². The fraction of sp³-hybridized carbons (Fsp3) is 0.381. The summed E-state index contributed by atoms with van der Waals surface area (Å²) < 4.78 is 28.0. The van der Waals surface area contributed by atoms with Gasteiger partial charge in [0.05, 0.1) is 17.5 Å². The molecule has 30 heavy (non-hydrogen) atoms. The largest absolute Gasteiger partial charge is 0.350 e. The van der Waals surface area contributed by atoms with Crippen LogP contribution in [0.15, 0.2) is 52.3 Å². The molecular formula is C21H25N3O5S. The minimum atomic E-state index is -3.68. The molecular weight excluding hydrogens is 406 g/mol. The van der Waals surface area contributed by atoms with E-state index in [4.69, 9.17) is 0 Å². The number of hydrogen-bond donors (Lipinski definition) is 1. The monoisotopic (exact) mass is 431 g/mol. The maximum Gasteiger partial charge on any atom is 0.251 e. The molecule has 0 saturated carbocycles. The third-order valence-corrected chi connectivity index (χ3v) is 7.01. The summed E-state index contributed by atoms with van der Waals surface area (Å²) in [4.78, 5) is 36.0. The molecule has 1 aromatic heterocycles. The topological polar surface area (TPSA) is 106 Å². The zero-order valence-corrected chi connectivity index (χ0v) is 17.8. The SMILES string of the molecule is CC(=O)NC(C)c1ccc(C(=O)Cn2cc(S(=O)(=O)N3CCCC3)ccc2=O)cc1. The normalized spacial score (nSPS) is 15.7. The van der Waals surface area contributed by atoms with Crippen LogP contribution in [0.5, 0.6) is 0 Å². The molecule has 1 aliphatic heterocycles. The minimum Gasteiger partial charge on any atom is -0.350 e. The predicted molar refractivity (Wildman–Crippen MR) is 112 cm³/mol. The highest BCUT2D eigenvalue weighted by Gasteiger charge is 2.27. The quantitative estimate of drug-likeness (QED) is 0.672. The van der Waals surface area contributed by atoms with Gasteiger partial charge in [0.25, 0.3) is 5.56 Å². The van der Waals surface area contributed by atoms with Crippen LogP contribution in [0.25, 0.3) is 0 Å². The van der Waals surface area contributed by atoms with Gasteiger partial charge in [-0.1, -0.05) is 24.3 Å². The summed E-state index contributed by atoms with van der Waals surface area (Å²) in [5.74, 6) is -0.461. The molecule has 0 aliphatic carbocycles. The molecule has 1 fully saturated rings. The second kappa shape index (κ2) is 8.93. The van der Waals surface area contributed by atoms with Gasteiger partial charge in [-0.2, -0.15) is 4.31 Å². The first-order valence-electron chi connectivity index (χ1n) is 9.79. The number of carbonyl (C=O) groups excluding carboxylic acids is 2. The standard InChI is InChI=1S/C21H25N3O5S/c1-15(22-16(2)25)17-5-7-18(8-6-17)20(26)14-23-13-19(9-10-21(23)27)30(28,29)24-11-3-4-12-24/h5-10,13,15H,3-4,11-12,14H2,1-2H3,(H,22,25). The maximum atomic E-state index is 12.7. The molecule has 8 nitrogen and oxygen atoms in total. The van der Waals surface area contributed by atoms with Crippen LogP contribution in [0.2, 0.25) is 0 Å². The van der Waals surface area contributed by atoms with Gasteiger partial charge in [-0.25, -0.2) is 8.42 Å². The number of benzene rings is 1. The van der Waals surface area contributed by atoms with Crippen LogP contribution in [-0.2, 0) is 21.4 Å². The second-order valence-corrected chi connectivity index (χ2v) is 9.35. The van der Waals surface area contributed by atoms with Crippen molar-refractivity contribution in [2.45, 2.75) is 44.2 Å². The molecule has 1 atom stereocenters. The summed E-state index contributed by atoms with van der Waals surface area (Å²) >= 11 is 0. The highest BCUT2D eigenvalue weighted by atomic mass is 32.2. The molecule has 160 valence electrons. The fourth-order valence-electron chi connectivity index (χ4n) is 3.46. The number of pyridine rings is 1. The molecule has 1 N–H and O–H groups in total. The summed E-state index contributed by atoms with van der Waals surface area (Å²) in [6, 6.07) is 9.01. The molecule has 1 saturated heterocycles. The van der Waals surface area contributed by atoms with Gasteiger partial charge in [-0.3, -0.25) is 14.4 Å². The van der Waals surface area contributed by atoms with Crippen molar-refractivity contribution in [2.24, 2.45) is 0 Å². The highest BCUT2D eigenvalue weighted by molar-refractivity contribution is 7.89. The zero-order chi connectivity index (χ0) is 21.9.